The molecule has 0 radical (unpaired) electrons. The molecule has 0 aliphatic carbocycles. The highest BCUT2D eigenvalue weighted by molar-refractivity contribution is 6.30. The van der Waals surface area contributed by atoms with Gasteiger partial charge in [0.2, 0.25) is 0 Å². The molecular weight excluding hydrogens is 318 g/mol. The minimum Gasteiger partial charge on any atom is -0.345 e. The molecule has 128 valence electrons. The molecule has 1 aliphatic heterocycles. The van der Waals surface area contributed by atoms with E-state index in [0.29, 0.717) is 0 Å². The summed E-state index contributed by atoms with van der Waals surface area (Å²) in [5.41, 5.74) is 1.57. The van der Waals surface area contributed by atoms with Gasteiger partial charge in [-0.25, -0.2) is 0 Å². The Morgan fingerprint density at radius 2 is 1.71 bits per heavy atom. The van der Waals surface area contributed by atoms with E-state index in [1.165, 1.54) is 12.0 Å². The van der Waals surface area contributed by atoms with Crippen molar-refractivity contribution >= 4 is 11.6 Å². The van der Waals surface area contributed by atoms with Gasteiger partial charge in [-0.2, -0.15) is 0 Å². The number of ether oxygens (including phenoxy) is 1. The highest BCUT2D eigenvalue weighted by atomic mass is 35.5. The molecule has 24 heavy (non-hydrogen) atoms. The minimum atomic E-state index is -0.513. The molecule has 0 amide bonds. The molecular formula is C21H26ClNO. The second kappa shape index (κ2) is 6.87. The van der Waals surface area contributed by atoms with Gasteiger partial charge in [0.05, 0.1) is 0 Å². The van der Waals surface area contributed by atoms with Gasteiger partial charge in [0.15, 0.2) is 0 Å². The second-order valence-corrected chi connectivity index (χ2v) is 7.27. The summed E-state index contributed by atoms with van der Waals surface area (Å²) < 4.78 is 6.94. The van der Waals surface area contributed by atoms with Crippen molar-refractivity contribution in [2.75, 3.05) is 13.6 Å². The molecule has 2 nitrogen and oxygen atoms in total. The molecule has 0 N–H and O–H groups in total. The fourth-order valence-electron chi connectivity index (χ4n) is 3.82. The third-order valence-electron chi connectivity index (χ3n) is 5.42. The second-order valence-electron chi connectivity index (χ2n) is 6.83. The van der Waals surface area contributed by atoms with Crippen molar-refractivity contribution in [2.45, 2.75) is 44.4 Å². The normalized spacial score (nSPS) is 24.0. The lowest BCUT2D eigenvalue weighted by molar-refractivity contribution is -0.194. The van der Waals surface area contributed by atoms with Crippen LogP contribution in [0.3, 0.4) is 0 Å². The summed E-state index contributed by atoms with van der Waals surface area (Å²) in [5.74, 6) is 0. The number of rotatable bonds is 5. The Balaban J connectivity index is 2.07. The molecule has 2 aromatic carbocycles. The van der Waals surface area contributed by atoms with Gasteiger partial charge in [0, 0.05) is 11.6 Å². The predicted octanol–water partition coefficient (Wildman–Crippen LogP) is 5.45. The van der Waals surface area contributed by atoms with Crippen LogP contribution in [0.2, 0.25) is 5.02 Å². The van der Waals surface area contributed by atoms with Crippen LogP contribution in [0.25, 0.3) is 0 Å². The van der Waals surface area contributed by atoms with E-state index in [1.807, 2.05) is 18.2 Å². The number of nitrogens with zero attached hydrogens (tertiary/aromatic N) is 1. The Bertz CT molecular complexity index is 672. The highest BCUT2D eigenvalue weighted by Crippen LogP contribution is 2.43. The van der Waals surface area contributed by atoms with Gasteiger partial charge < -0.3 is 4.74 Å². The van der Waals surface area contributed by atoms with Crippen LogP contribution in [0.15, 0.2) is 54.6 Å². The number of hydrogen-bond acceptors (Lipinski definition) is 2. The molecule has 0 saturated carbocycles. The van der Waals surface area contributed by atoms with Crippen LogP contribution in [-0.2, 0) is 10.3 Å². The summed E-state index contributed by atoms with van der Waals surface area (Å²) in [4.78, 5) is 2.37. The van der Waals surface area contributed by atoms with Crippen LogP contribution in [0.4, 0.5) is 0 Å². The van der Waals surface area contributed by atoms with E-state index in [9.17, 15) is 0 Å². The average molecular weight is 344 g/mol. The van der Waals surface area contributed by atoms with E-state index in [4.69, 9.17) is 16.3 Å². The molecule has 1 saturated heterocycles. The van der Waals surface area contributed by atoms with Crippen molar-refractivity contribution in [3.63, 3.8) is 0 Å². The van der Waals surface area contributed by atoms with Gasteiger partial charge in [-0.1, -0.05) is 61.0 Å². The van der Waals surface area contributed by atoms with E-state index in [1.54, 1.807) is 0 Å². The molecule has 2 atom stereocenters. The Morgan fingerprint density at radius 3 is 2.25 bits per heavy atom. The summed E-state index contributed by atoms with van der Waals surface area (Å²) >= 11 is 6.11. The smallest absolute Gasteiger partial charge is 0.122 e. The van der Waals surface area contributed by atoms with Crippen LogP contribution in [0, 0.1) is 0 Å². The standard InChI is InChI=1S/C21H26ClNO/c1-4-21(15-8-16-23(21)3)24-20(2,17-9-6-5-7-10-17)18-11-13-19(22)14-12-18/h5-7,9-14H,4,8,15-16H2,1-3H3. The molecule has 1 heterocycles. The summed E-state index contributed by atoms with van der Waals surface area (Å²) in [7, 11) is 2.17. The largest absolute Gasteiger partial charge is 0.345 e. The molecule has 0 bridgehead atoms. The van der Waals surface area contributed by atoms with E-state index in [2.05, 4.69) is 62.2 Å². The molecule has 1 fully saturated rings. The highest BCUT2D eigenvalue weighted by Gasteiger charge is 2.45. The van der Waals surface area contributed by atoms with Crippen molar-refractivity contribution in [1.29, 1.82) is 0 Å². The Labute approximate surface area is 150 Å². The number of benzene rings is 2. The summed E-state index contributed by atoms with van der Waals surface area (Å²) in [6.07, 6.45) is 3.21. The van der Waals surface area contributed by atoms with Gasteiger partial charge in [0.25, 0.3) is 0 Å². The van der Waals surface area contributed by atoms with Crippen molar-refractivity contribution in [2.24, 2.45) is 0 Å². The first-order valence-electron chi connectivity index (χ1n) is 8.73. The SMILES string of the molecule is CCC1(OC(C)(c2ccccc2)c2ccc(Cl)cc2)CCCN1C. The van der Waals surface area contributed by atoms with E-state index in [-0.39, 0.29) is 5.72 Å². The topological polar surface area (TPSA) is 12.5 Å². The number of likely N-dealkylation sites (tertiary alicyclic amines) is 1. The lowest BCUT2D eigenvalue weighted by atomic mass is 9.87. The Hall–Kier alpha value is -1.35. The first-order valence-corrected chi connectivity index (χ1v) is 9.11. The summed E-state index contributed by atoms with van der Waals surface area (Å²) in [6, 6.07) is 18.5. The first-order chi connectivity index (χ1) is 11.5. The fourth-order valence-corrected chi connectivity index (χ4v) is 3.95. The van der Waals surface area contributed by atoms with Crippen molar-refractivity contribution < 1.29 is 4.74 Å². The predicted molar refractivity (Wildman–Crippen MR) is 100 cm³/mol. The molecule has 2 unspecified atom stereocenters. The van der Waals surface area contributed by atoms with E-state index >= 15 is 0 Å². The van der Waals surface area contributed by atoms with Crippen LogP contribution in [-0.4, -0.2) is 24.2 Å². The molecule has 2 aromatic rings. The lowest BCUT2D eigenvalue weighted by Crippen LogP contribution is -2.49. The van der Waals surface area contributed by atoms with Crippen LogP contribution < -0.4 is 0 Å². The molecule has 3 heteroatoms. The van der Waals surface area contributed by atoms with Gasteiger partial charge >= 0.3 is 0 Å². The van der Waals surface area contributed by atoms with Crippen molar-refractivity contribution in [1.82, 2.24) is 4.90 Å². The van der Waals surface area contributed by atoms with Gasteiger partial charge in [0.1, 0.15) is 11.3 Å². The van der Waals surface area contributed by atoms with Crippen LogP contribution >= 0.6 is 11.6 Å². The summed E-state index contributed by atoms with van der Waals surface area (Å²) in [5, 5.41) is 0.748. The van der Waals surface area contributed by atoms with E-state index in [0.717, 1.165) is 30.0 Å². The third kappa shape index (κ3) is 3.11. The maximum Gasteiger partial charge on any atom is 0.122 e. The zero-order valence-electron chi connectivity index (χ0n) is 14.8. The summed E-state index contributed by atoms with van der Waals surface area (Å²) in [6.45, 7) is 5.48. The molecule has 3 rings (SSSR count). The van der Waals surface area contributed by atoms with Crippen LogP contribution in [0.1, 0.15) is 44.2 Å². The van der Waals surface area contributed by atoms with E-state index < -0.39 is 5.60 Å². The Morgan fingerprint density at radius 1 is 1.08 bits per heavy atom. The maximum absolute atomic E-state index is 6.94. The van der Waals surface area contributed by atoms with Gasteiger partial charge in [-0.15, -0.1) is 0 Å². The van der Waals surface area contributed by atoms with Gasteiger partial charge in [-0.05, 0) is 56.5 Å². The number of halogens is 1. The Kier molecular flexibility index (Phi) is 5.00. The maximum atomic E-state index is 6.94. The zero-order chi connectivity index (χ0) is 17.2. The third-order valence-corrected chi connectivity index (χ3v) is 5.67. The zero-order valence-corrected chi connectivity index (χ0v) is 15.5. The minimum absolute atomic E-state index is 0.218. The average Bonchev–Trinajstić information content (AvgIpc) is 2.97. The van der Waals surface area contributed by atoms with Crippen molar-refractivity contribution in [3.05, 3.63) is 70.7 Å². The molecule has 1 aliphatic rings. The molecule has 0 aromatic heterocycles. The molecule has 0 spiro atoms. The number of hydrogen-bond donors (Lipinski definition) is 0. The quantitative estimate of drug-likeness (QED) is 0.715. The van der Waals surface area contributed by atoms with Crippen LogP contribution in [0.5, 0.6) is 0 Å². The van der Waals surface area contributed by atoms with Crippen molar-refractivity contribution in [3.8, 4) is 0 Å². The first kappa shape index (κ1) is 17.5. The van der Waals surface area contributed by atoms with Gasteiger partial charge in [-0.3, -0.25) is 4.90 Å². The fraction of sp³-hybridized carbons (Fsp3) is 0.429. The lowest BCUT2D eigenvalue weighted by Gasteiger charge is -2.44. The monoisotopic (exact) mass is 343 g/mol.